The molecule has 0 radical (unpaired) electrons. The molecule has 1 rings (SSSR count). The molecule has 0 aliphatic carbocycles. The van der Waals surface area contributed by atoms with Crippen molar-refractivity contribution in [1.29, 1.82) is 0 Å². The fourth-order valence-electron chi connectivity index (χ4n) is 1.01. The average Bonchev–Trinajstić information content (AvgIpc) is 1.94. The van der Waals surface area contributed by atoms with Crippen molar-refractivity contribution in [1.82, 2.24) is 0 Å². The van der Waals surface area contributed by atoms with Crippen LogP contribution in [0, 0.1) is 5.82 Å². The number of halogens is 2. The number of aliphatic hydroxyl groups excluding tert-OH is 1. The van der Waals surface area contributed by atoms with Crippen molar-refractivity contribution in [3.05, 3.63) is 34.6 Å². The second-order valence-electron chi connectivity index (χ2n) is 2.79. The van der Waals surface area contributed by atoms with Gasteiger partial charge in [0.05, 0.1) is 6.10 Å². The van der Waals surface area contributed by atoms with Gasteiger partial charge >= 0.3 is 0 Å². The van der Waals surface area contributed by atoms with Crippen LogP contribution in [0.4, 0.5) is 4.39 Å². The molecule has 0 aliphatic rings. The Hall–Kier alpha value is -0.600. The fourth-order valence-corrected chi connectivity index (χ4v) is 1.16. The third kappa shape index (κ3) is 2.47. The van der Waals surface area contributed by atoms with Crippen LogP contribution in [-0.2, 0) is 6.42 Å². The topological polar surface area (TPSA) is 20.2 Å². The predicted molar refractivity (Wildman–Crippen MR) is 46.8 cm³/mol. The minimum Gasteiger partial charge on any atom is -0.393 e. The Morgan fingerprint density at radius 3 is 2.75 bits per heavy atom. The van der Waals surface area contributed by atoms with Crippen LogP contribution in [0.15, 0.2) is 18.2 Å². The van der Waals surface area contributed by atoms with Gasteiger partial charge in [0.25, 0.3) is 0 Å². The molecule has 3 heteroatoms. The summed E-state index contributed by atoms with van der Waals surface area (Å²) in [5, 5.41) is 9.38. The van der Waals surface area contributed by atoms with Crippen LogP contribution >= 0.6 is 11.6 Å². The average molecular weight is 189 g/mol. The van der Waals surface area contributed by atoms with E-state index in [9.17, 15) is 4.39 Å². The lowest BCUT2D eigenvalue weighted by Gasteiger charge is -2.05. The van der Waals surface area contributed by atoms with Gasteiger partial charge in [0.1, 0.15) is 5.82 Å². The summed E-state index contributed by atoms with van der Waals surface area (Å²) in [5.74, 6) is -0.358. The van der Waals surface area contributed by atoms with Crippen LogP contribution in [-0.4, -0.2) is 11.2 Å². The van der Waals surface area contributed by atoms with Gasteiger partial charge in [-0.25, -0.2) is 4.39 Å². The predicted octanol–water partition coefficient (Wildman–Crippen LogP) is 2.40. The molecule has 1 aromatic carbocycles. The minimum absolute atomic E-state index is 0.322. The molecule has 1 nitrogen and oxygen atoms in total. The Kier molecular flexibility index (Phi) is 3.06. The van der Waals surface area contributed by atoms with Crippen LogP contribution in [0.3, 0.4) is 0 Å². The molecule has 66 valence electrons. The third-order valence-electron chi connectivity index (χ3n) is 1.53. The monoisotopic (exact) mass is 188 g/mol. The first-order chi connectivity index (χ1) is 5.59. The van der Waals surface area contributed by atoms with Crippen molar-refractivity contribution in [2.75, 3.05) is 0 Å². The molecule has 0 aliphatic heterocycles. The number of hydrogen-bond acceptors (Lipinski definition) is 1. The quantitative estimate of drug-likeness (QED) is 0.756. The van der Waals surface area contributed by atoms with E-state index in [1.54, 1.807) is 19.1 Å². The third-order valence-corrected chi connectivity index (χ3v) is 1.77. The number of benzene rings is 1. The van der Waals surface area contributed by atoms with Gasteiger partial charge in [-0.1, -0.05) is 17.7 Å². The second-order valence-corrected chi connectivity index (χ2v) is 3.23. The van der Waals surface area contributed by atoms with Crippen LogP contribution in [0.2, 0.25) is 5.02 Å². The summed E-state index contributed by atoms with van der Waals surface area (Å²) in [6, 6.07) is 4.45. The van der Waals surface area contributed by atoms with Gasteiger partial charge in [-0.3, -0.25) is 0 Å². The Labute approximate surface area is 75.8 Å². The minimum atomic E-state index is -0.527. The number of hydrogen-bond donors (Lipinski definition) is 1. The Morgan fingerprint density at radius 2 is 2.25 bits per heavy atom. The summed E-state index contributed by atoms with van der Waals surface area (Å²) in [7, 11) is 0. The van der Waals surface area contributed by atoms with E-state index >= 15 is 0 Å². The molecule has 0 aromatic heterocycles. The zero-order valence-electron chi connectivity index (χ0n) is 6.72. The van der Waals surface area contributed by atoms with E-state index in [4.69, 9.17) is 16.7 Å². The summed E-state index contributed by atoms with van der Waals surface area (Å²) < 4.78 is 13.0. The molecule has 1 aromatic rings. The lowest BCUT2D eigenvalue weighted by atomic mass is 10.1. The van der Waals surface area contributed by atoms with Gasteiger partial charge < -0.3 is 5.11 Å². The lowest BCUT2D eigenvalue weighted by Crippen LogP contribution is -2.05. The summed E-state index contributed by atoms with van der Waals surface area (Å²) in [4.78, 5) is 0. The Morgan fingerprint density at radius 1 is 1.58 bits per heavy atom. The molecule has 12 heavy (non-hydrogen) atoms. The molecule has 0 bridgehead atoms. The maximum absolute atomic E-state index is 13.0. The largest absolute Gasteiger partial charge is 0.393 e. The van der Waals surface area contributed by atoms with E-state index in [0.29, 0.717) is 17.0 Å². The summed E-state index contributed by atoms with van der Waals surface area (Å²) >= 11 is 5.55. The van der Waals surface area contributed by atoms with Gasteiger partial charge in [0.2, 0.25) is 0 Å². The zero-order chi connectivity index (χ0) is 9.14. The standard InChI is InChI=1S/C9H10ClFO/c1-6(12)4-7-2-3-8(10)5-9(7)11/h2-3,5-6,12H,4H2,1H3/t6-/m1/s1. The molecule has 0 unspecified atom stereocenters. The highest BCUT2D eigenvalue weighted by Crippen LogP contribution is 2.15. The SMILES string of the molecule is C[C@@H](O)Cc1ccc(Cl)cc1F. The summed E-state index contributed by atoms with van der Waals surface area (Å²) in [6.07, 6.45) is -0.205. The molecule has 0 fully saturated rings. The molecule has 1 atom stereocenters. The van der Waals surface area contributed by atoms with Gasteiger partial charge in [0, 0.05) is 11.4 Å². The maximum atomic E-state index is 13.0. The van der Waals surface area contributed by atoms with Gasteiger partial charge in [-0.15, -0.1) is 0 Å². The highest BCUT2D eigenvalue weighted by Gasteiger charge is 2.05. The van der Waals surface area contributed by atoms with Gasteiger partial charge in [0.15, 0.2) is 0 Å². The van der Waals surface area contributed by atoms with Crippen molar-refractivity contribution in [3.8, 4) is 0 Å². The van der Waals surface area contributed by atoms with E-state index in [1.165, 1.54) is 6.07 Å². The van der Waals surface area contributed by atoms with Crippen molar-refractivity contribution in [2.24, 2.45) is 0 Å². The Bertz CT molecular complexity index is 273. The lowest BCUT2D eigenvalue weighted by molar-refractivity contribution is 0.194. The molecular formula is C9H10ClFO. The first-order valence-corrected chi connectivity index (χ1v) is 4.09. The molecule has 0 amide bonds. The van der Waals surface area contributed by atoms with E-state index in [1.807, 2.05) is 0 Å². The fraction of sp³-hybridized carbons (Fsp3) is 0.333. The number of aliphatic hydroxyl groups is 1. The first-order valence-electron chi connectivity index (χ1n) is 3.71. The van der Waals surface area contributed by atoms with E-state index in [0.717, 1.165) is 0 Å². The van der Waals surface area contributed by atoms with E-state index in [2.05, 4.69) is 0 Å². The van der Waals surface area contributed by atoms with Crippen molar-refractivity contribution >= 4 is 11.6 Å². The maximum Gasteiger partial charge on any atom is 0.127 e. The normalized spacial score (nSPS) is 13.0. The molecular weight excluding hydrogens is 179 g/mol. The van der Waals surface area contributed by atoms with E-state index in [-0.39, 0.29) is 5.82 Å². The summed E-state index contributed by atoms with van der Waals surface area (Å²) in [6.45, 7) is 1.62. The Balaban J connectivity index is 2.86. The molecule has 0 saturated heterocycles. The zero-order valence-corrected chi connectivity index (χ0v) is 7.48. The molecule has 1 N–H and O–H groups in total. The van der Waals surface area contributed by atoms with Gasteiger partial charge in [-0.05, 0) is 24.6 Å². The molecule has 0 heterocycles. The highest BCUT2D eigenvalue weighted by atomic mass is 35.5. The van der Waals surface area contributed by atoms with Crippen LogP contribution in [0.25, 0.3) is 0 Å². The summed E-state index contributed by atoms with van der Waals surface area (Å²) in [5.41, 5.74) is 0.495. The van der Waals surface area contributed by atoms with Crippen molar-refractivity contribution < 1.29 is 9.50 Å². The first kappa shape index (κ1) is 9.49. The van der Waals surface area contributed by atoms with Crippen LogP contribution < -0.4 is 0 Å². The van der Waals surface area contributed by atoms with Crippen molar-refractivity contribution in [3.63, 3.8) is 0 Å². The number of rotatable bonds is 2. The van der Waals surface area contributed by atoms with Gasteiger partial charge in [-0.2, -0.15) is 0 Å². The second kappa shape index (κ2) is 3.87. The van der Waals surface area contributed by atoms with Crippen LogP contribution in [0.5, 0.6) is 0 Å². The van der Waals surface area contributed by atoms with Crippen molar-refractivity contribution in [2.45, 2.75) is 19.4 Å². The van der Waals surface area contributed by atoms with Crippen LogP contribution in [0.1, 0.15) is 12.5 Å². The van der Waals surface area contributed by atoms with E-state index < -0.39 is 6.10 Å². The smallest absolute Gasteiger partial charge is 0.127 e. The molecule has 0 spiro atoms. The molecule has 0 saturated carbocycles. The highest BCUT2D eigenvalue weighted by molar-refractivity contribution is 6.30.